The molecule has 1 aliphatic rings. The molecular formula is C10H9NO4. The van der Waals surface area contributed by atoms with E-state index in [2.05, 4.69) is 5.32 Å². The summed E-state index contributed by atoms with van der Waals surface area (Å²) >= 11 is 0. The zero-order valence-electron chi connectivity index (χ0n) is 8.12. The maximum Gasteiger partial charge on any atom is 0.336 e. The van der Waals surface area contributed by atoms with Gasteiger partial charge in [0.15, 0.2) is 0 Å². The summed E-state index contributed by atoms with van der Waals surface area (Å²) in [6, 6.07) is 1.29. The number of rotatable bonds is 1. The number of amides is 2. The number of carbonyl (C=O) groups is 2. The Hall–Kier alpha value is -1.91. The van der Waals surface area contributed by atoms with Crippen molar-refractivity contribution in [1.29, 1.82) is 0 Å². The van der Waals surface area contributed by atoms with Gasteiger partial charge in [-0.1, -0.05) is 6.92 Å². The predicted molar refractivity (Wildman–Crippen MR) is 50.5 cm³/mol. The van der Waals surface area contributed by atoms with E-state index in [1.807, 2.05) is 6.92 Å². The zero-order valence-corrected chi connectivity index (χ0v) is 8.12. The lowest BCUT2D eigenvalue weighted by atomic mass is 10.0. The van der Waals surface area contributed by atoms with Crippen LogP contribution in [0, 0.1) is 0 Å². The van der Waals surface area contributed by atoms with Crippen LogP contribution in [0.1, 0.15) is 28.6 Å². The summed E-state index contributed by atoms with van der Waals surface area (Å²) in [5, 5.41) is 2.19. The van der Waals surface area contributed by atoms with Crippen molar-refractivity contribution in [2.24, 2.45) is 0 Å². The fraction of sp³-hybridized carbons (Fsp3) is 0.300. The molecule has 2 rings (SSSR count). The highest BCUT2D eigenvalue weighted by atomic mass is 16.4. The van der Waals surface area contributed by atoms with Gasteiger partial charge >= 0.3 is 5.63 Å². The van der Waals surface area contributed by atoms with Crippen molar-refractivity contribution >= 4 is 11.8 Å². The SMILES string of the molecule is CCc1cc(=O)oc2c1C(=O)NC(=O)C2. The first-order valence-corrected chi connectivity index (χ1v) is 4.62. The second kappa shape index (κ2) is 3.34. The Labute approximate surface area is 85.1 Å². The lowest BCUT2D eigenvalue weighted by molar-refractivity contribution is -0.120. The van der Waals surface area contributed by atoms with Crippen molar-refractivity contribution in [2.75, 3.05) is 0 Å². The molecule has 1 aromatic rings. The molecule has 0 aliphatic carbocycles. The van der Waals surface area contributed by atoms with E-state index < -0.39 is 17.4 Å². The quantitative estimate of drug-likeness (QED) is 0.658. The van der Waals surface area contributed by atoms with Crippen LogP contribution in [-0.2, 0) is 17.6 Å². The Kier molecular flexibility index (Phi) is 2.15. The average molecular weight is 207 g/mol. The molecule has 0 saturated heterocycles. The standard InChI is InChI=1S/C10H9NO4/c1-2-5-3-8(13)15-6-4-7(12)11-10(14)9(5)6/h3H,2,4H2,1H3,(H,11,12,14). The van der Waals surface area contributed by atoms with Crippen LogP contribution in [0.2, 0.25) is 0 Å². The number of carbonyl (C=O) groups excluding carboxylic acids is 2. The van der Waals surface area contributed by atoms with Crippen molar-refractivity contribution < 1.29 is 14.0 Å². The Morgan fingerprint density at radius 3 is 2.80 bits per heavy atom. The van der Waals surface area contributed by atoms with Crippen molar-refractivity contribution in [1.82, 2.24) is 5.32 Å². The van der Waals surface area contributed by atoms with Gasteiger partial charge in [0.2, 0.25) is 5.91 Å². The molecule has 0 spiro atoms. The molecule has 1 N–H and O–H groups in total. The van der Waals surface area contributed by atoms with Gasteiger partial charge in [-0.3, -0.25) is 14.9 Å². The molecule has 0 bridgehead atoms. The molecule has 0 radical (unpaired) electrons. The van der Waals surface area contributed by atoms with Crippen LogP contribution >= 0.6 is 0 Å². The topological polar surface area (TPSA) is 76.4 Å². The molecule has 1 aromatic heterocycles. The number of aryl methyl sites for hydroxylation is 1. The highest BCUT2D eigenvalue weighted by Gasteiger charge is 2.27. The Morgan fingerprint density at radius 1 is 1.40 bits per heavy atom. The van der Waals surface area contributed by atoms with Crippen molar-refractivity contribution in [3.8, 4) is 0 Å². The van der Waals surface area contributed by atoms with Crippen LogP contribution < -0.4 is 10.9 Å². The summed E-state index contributed by atoms with van der Waals surface area (Å²) < 4.78 is 4.85. The summed E-state index contributed by atoms with van der Waals surface area (Å²) in [4.78, 5) is 33.7. The first-order chi connectivity index (χ1) is 7.11. The van der Waals surface area contributed by atoms with Gasteiger partial charge in [0, 0.05) is 6.07 Å². The number of fused-ring (bicyclic) bond motifs is 1. The lowest BCUT2D eigenvalue weighted by Gasteiger charge is -2.15. The normalized spacial score (nSPS) is 14.7. The molecule has 0 atom stereocenters. The molecule has 0 fully saturated rings. The summed E-state index contributed by atoms with van der Waals surface area (Å²) in [5.41, 5.74) is 0.427. The molecule has 2 heterocycles. The molecule has 15 heavy (non-hydrogen) atoms. The predicted octanol–water partition coefficient (Wildman–Crippen LogP) is 0.0147. The van der Waals surface area contributed by atoms with Gasteiger partial charge < -0.3 is 4.42 Å². The minimum atomic E-state index is -0.520. The number of hydrogen-bond acceptors (Lipinski definition) is 4. The summed E-state index contributed by atoms with van der Waals surface area (Å²) in [6.07, 6.45) is 0.500. The second-order valence-corrected chi connectivity index (χ2v) is 3.30. The minimum Gasteiger partial charge on any atom is -0.426 e. The van der Waals surface area contributed by atoms with E-state index in [1.54, 1.807) is 0 Å². The highest BCUT2D eigenvalue weighted by Crippen LogP contribution is 2.17. The van der Waals surface area contributed by atoms with E-state index in [-0.39, 0.29) is 12.2 Å². The van der Waals surface area contributed by atoms with Crippen LogP contribution in [0.25, 0.3) is 0 Å². The van der Waals surface area contributed by atoms with E-state index in [0.29, 0.717) is 17.5 Å². The van der Waals surface area contributed by atoms with Gasteiger partial charge in [-0.15, -0.1) is 0 Å². The first-order valence-electron chi connectivity index (χ1n) is 4.62. The number of imide groups is 1. The molecule has 78 valence electrons. The van der Waals surface area contributed by atoms with Crippen molar-refractivity contribution in [3.63, 3.8) is 0 Å². The van der Waals surface area contributed by atoms with Gasteiger partial charge in [-0.2, -0.15) is 0 Å². The maximum atomic E-state index is 11.5. The Morgan fingerprint density at radius 2 is 2.13 bits per heavy atom. The maximum absolute atomic E-state index is 11.5. The van der Waals surface area contributed by atoms with Crippen LogP contribution in [0.4, 0.5) is 0 Å². The molecule has 5 nitrogen and oxygen atoms in total. The van der Waals surface area contributed by atoms with E-state index in [1.165, 1.54) is 6.07 Å². The van der Waals surface area contributed by atoms with Crippen LogP contribution in [0.15, 0.2) is 15.3 Å². The van der Waals surface area contributed by atoms with Crippen LogP contribution in [-0.4, -0.2) is 11.8 Å². The van der Waals surface area contributed by atoms with Crippen molar-refractivity contribution in [2.45, 2.75) is 19.8 Å². The zero-order chi connectivity index (χ0) is 11.0. The van der Waals surface area contributed by atoms with Gasteiger partial charge in [0.05, 0.1) is 12.0 Å². The van der Waals surface area contributed by atoms with Crippen LogP contribution in [0.5, 0.6) is 0 Å². The van der Waals surface area contributed by atoms with Crippen LogP contribution in [0.3, 0.4) is 0 Å². The third-order valence-electron chi connectivity index (χ3n) is 2.30. The monoisotopic (exact) mass is 207 g/mol. The van der Waals surface area contributed by atoms with Gasteiger partial charge in [0.1, 0.15) is 5.76 Å². The van der Waals surface area contributed by atoms with E-state index in [9.17, 15) is 14.4 Å². The second-order valence-electron chi connectivity index (χ2n) is 3.30. The number of nitrogens with one attached hydrogen (secondary N) is 1. The van der Waals surface area contributed by atoms with E-state index in [4.69, 9.17) is 4.42 Å². The fourth-order valence-electron chi connectivity index (χ4n) is 1.65. The largest absolute Gasteiger partial charge is 0.426 e. The van der Waals surface area contributed by atoms with Gasteiger partial charge in [-0.05, 0) is 12.0 Å². The first kappa shape index (κ1) is 9.64. The molecular weight excluding hydrogens is 198 g/mol. The third-order valence-corrected chi connectivity index (χ3v) is 2.30. The Bertz CT molecular complexity index is 501. The van der Waals surface area contributed by atoms with E-state index in [0.717, 1.165) is 0 Å². The third kappa shape index (κ3) is 1.56. The van der Waals surface area contributed by atoms with Gasteiger partial charge in [0.25, 0.3) is 5.91 Å². The summed E-state index contributed by atoms with van der Waals surface area (Å²) in [6.45, 7) is 1.83. The fourth-order valence-corrected chi connectivity index (χ4v) is 1.65. The van der Waals surface area contributed by atoms with Gasteiger partial charge in [-0.25, -0.2) is 4.79 Å². The highest BCUT2D eigenvalue weighted by molar-refractivity contribution is 6.09. The lowest BCUT2D eigenvalue weighted by Crippen LogP contribution is -2.38. The molecule has 0 saturated carbocycles. The molecule has 2 amide bonds. The molecule has 0 unspecified atom stereocenters. The minimum absolute atomic E-state index is 0.0514. The average Bonchev–Trinajstić information content (AvgIpc) is 2.14. The van der Waals surface area contributed by atoms with Crippen molar-refractivity contribution in [3.05, 3.63) is 33.4 Å². The summed E-state index contributed by atoms with van der Waals surface area (Å²) in [7, 11) is 0. The molecule has 5 heteroatoms. The smallest absolute Gasteiger partial charge is 0.336 e. The molecule has 0 aromatic carbocycles. The summed E-state index contributed by atoms with van der Waals surface area (Å²) in [5.74, 6) is -0.751. The van der Waals surface area contributed by atoms with E-state index >= 15 is 0 Å². The number of hydrogen-bond donors (Lipinski definition) is 1. The molecule has 1 aliphatic heterocycles. The Balaban J connectivity index is 2.69.